The van der Waals surface area contributed by atoms with E-state index in [0.717, 1.165) is 45.7 Å². The van der Waals surface area contributed by atoms with Gasteiger partial charge in [-0.3, -0.25) is 9.78 Å². The average Bonchev–Trinajstić information content (AvgIpc) is 3.33. The number of rotatable bonds is 6. The van der Waals surface area contributed by atoms with Crippen LogP contribution in [0, 0.1) is 19.8 Å². The number of carbonyl (C=O) groups excluding carboxylic acids is 1. The van der Waals surface area contributed by atoms with Gasteiger partial charge in [0, 0.05) is 30.9 Å². The fourth-order valence-electron chi connectivity index (χ4n) is 3.96. The normalized spacial score (nSPS) is 22.0. The lowest BCUT2D eigenvalue weighted by Gasteiger charge is -2.35. The quantitative estimate of drug-likeness (QED) is 0.778. The first kappa shape index (κ1) is 20.3. The number of aromatic nitrogens is 2. The Morgan fingerprint density at radius 1 is 1.17 bits per heavy atom. The molecule has 6 nitrogen and oxygen atoms in total. The predicted octanol–water partition coefficient (Wildman–Crippen LogP) is 3.85. The summed E-state index contributed by atoms with van der Waals surface area (Å²) in [7, 11) is 0. The second kappa shape index (κ2) is 8.40. The Labute approximate surface area is 176 Å². The number of aryl methyl sites for hydroxylation is 2. The van der Waals surface area contributed by atoms with Gasteiger partial charge in [-0.1, -0.05) is 11.3 Å². The highest BCUT2D eigenvalue weighted by Crippen LogP contribution is 2.37. The molecule has 0 aromatic carbocycles. The third kappa shape index (κ3) is 5.14. The minimum atomic E-state index is 0.128. The molecule has 2 atom stereocenters. The number of hydrogen-bond acceptors (Lipinski definition) is 6. The summed E-state index contributed by atoms with van der Waals surface area (Å²) in [6, 6.07) is 4.20. The SMILES string of the molecule is Cc1cc(-c2sc(N3CC(C)OC(C)C3)nc2CNC(=O)CC2CC2)cc(C)n1. The highest BCUT2D eigenvalue weighted by molar-refractivity contribution is 7.19. The van der Waals surface area contributed by atoms with E-state index in [9.17, 15) is 4.79 Å². The van der Waals surface area contributed by atoms with Gasteiger partial charge in [0.05, 0.1) is 29.3 Å². The first-order valence-corrected chi connectivity index (χ1v) is 11.3. The second-order valence-corrected chi connectivity index (χ2v) is 9.47. The first-order valence-electron chi connectivity index (χ1n) is 10.5. The predicted molar refractivity (Wildman–Crippen MR) is 116 cm³/mol. The van der Waals surface area contributed by atoms with Gasteiger partial charge in [-0.2, -0.15) is 0 Å². The molecule has 1 amide bonds. The van der Waals surface area contributed by atoms with Crippen molar-refractivity contribution in [1.29, 1.82) is 0 Å². The molecule has 0 bridgehead atoms. The summed E-state index contributed by atoms with van der Waals surface area (Å²) in [5.41, 5.74) is 4.05. The molecular weight excluding hydrogens is 384 g/mol. The van der Waals surface area contributed by atoms with Gasteiger partial charge in [0.15, 0.2) is 5.13 Å². The Hall–Kier alpha value is -1.99. The van der Waals surface area contributed by atoms with Gasteiger partial charge in [0.1, 0.15) is 0 Å². The molecule has 2 fully saturated rings. The van der Waals surface area contributed by atoms with Crippen molar-refractivity contribution in [2.45, 2.75) is 65.7 Å². The maximum Gasteiger partial charge on any atom is 0.220 e. The Bertz CT molecular complexity index is 863. The number of hydrogen-bond donors (Lipinski definition) is 1. The van der Waals surface area contributed by atoms with Crippen LogP contribution in [0.25, 0.3) is 10.4 Å². The molecule has 1 saturated carbocycles. The van der Waals surface area contributed by atoms with E-state index in [2.05, 4.69) is 41.2 Å². The molecule has 7 heteroatoms. The maximum absolute atomic E-state index is 12.2. The molecule has 156 valence electrons. The highest BCUT2D eigenvalue weighted by Gasteiger charge is 2.27. The van der Waals surface area contributed by atoms with Crippen LogP contribution in [0.3, 0.4) is 0 Å². The van der Waals surface area contributed by atoms with Crippen LogP contribution in [-0.4, -0.2) is 41.2 Å². The van der Waals surface area contributed by atoms with Gasteiger partial charge in [0.2, 0.25) is 5.91 Å². The number of thiazole rings is 1. The van der Waals surface area contributed by atoms with E-state index < -0.39 is 0 Å². The van der Waals surface area contributed by atoms with Crippen LogP contribution in [0.15, 0.2) is 12.1 Å². The summed E-state index contributed by atoms with van der Waals surface area (Å²) in [5.74, 6) is 0.714. The largest absolute Gasteiger partial charge is 0.372 e. The number of nitrogens with one attached hydrogen (secondary N) is 1. The van der Waals surface area contributed by atoms with Crippen molar-refractivity contribution in [2.75, 3.05) is 18.0 Å². The molecule has 2 unspecified atom stereocenters. The van der Waals surface area contributed by atoms with Crippen LogP contribution in [-0.2, 0) is 16.1 Å². The van der Waals surface area contributed by atoms with E-state index in [1.807, 2.05) is 13.8 Å². The van der Waals surface area contributed by atoms with Crippen LogP contribution in [0.2, 0.25) is 0 Å². The zero-order valence-corrected chi connectivity index (χ0v) is 18.5. The van der Waals surface area contributed by atoms with Crippen LogP contribution in [0.5, 0.6) is 0 Å². The van der Waals surface area contributed by atoms with E-state index in [1.165, 1.54) is 12.8 Å². The standard InChI is InChI=1S/C22H30N4O2S/c1-13-7-18(8-14(2)24-13)21-19(10-23-20(27)9-17-5-6-17)25-22(29-21)26-11-15(3)28-16(4)12-26/h7-8,15-17H,5-6,9-12H2,1-4H3,(H,23,27). The molecule has 29 heavy (non-hydrogen) atoms. The van der Waals surface area contributed by atoms with E-state index in [1.54, 1.807) is 11.3 Å². The van der Waals surface area contributed by atoms with E-state index in [-0.39, 0.29) is 18.1 Å². The van der Waals surface area contributed by atoms with Gasteiger partial charge < -0.3 is 15.0 Å². The third-order valence-corrected chi connectivity index (χ3v) is 6.55. The van der Waals surface area contributed by atoms with Crippen molar-refractivity contribution in [3.8, 4) is 10.4 Å². The molecule has 2 aromatic rings. The number of ether oxygens (including phenoxy) is 1. The monoisotopic (exact) mass is 414 g/mol. The van der Waals surface area contributed by atoms with Crippen molar-refractivity contribution in [1.82, 2.24) is 15.3 Å². The minimum Gasteiger partial charge on any atom is -0.372 e. The maximum atomic E-state index is 12.2. The van der Waals surface area contributed by atoms with Crippen molar-refractivity contribution < 1.29 is 9.53 Å². The zero-order chi connectivity index (χ0) is 20.5. The Balaban J connectivity index is 1.61. The first-order chi connectivity index (χ1) is 13.9. The van der Waals surface area contributed by atoms with Gasteiger partial charge >= 0.3 is 0 Å². The summed E-state index contributed by atoms with van der Waals surface area (Å²) >= 11 is 1.70. The van der Waals surface area contributed by atoms with Crippen molar-refractivity contribution in [3.63, 3.8) is 0 Å². The summed E-state index contributed by atoms with van der Waals surface area (Å²) in [6.07, 6.45) is 3.36. The molecule has 0 spiro atoms. The minimum absolute atomic E-state index is 0.128. The van der Waals surface area contributed by atoms with Crippen LogP contribution in [0.1, 0.15) is 50.2 Å². The van der Waals surface area contributed by atoms with Gasteiger partial charge in [0.25, 0.3) is 0 Å². The zero-order valence-electron chi connectivity index (χ0n) is 17.7. The second-order valence-electron chi connectivity index (χ2n) is 8.50. The molecule has 2 aliphatic rings. The molecule has 3 heterocycles. The molecule has 4 rings (SSSR count). The van der Waals surface area contributed by atoms with E-state index >= 15 is 0 Å². The number of morpholine rings is 1. The van der Waals surface area contributed by atoms with Crippen LogP contribution in [0.4, 0.5) is 5.13 Å². The lowest BCUT2D eigenvalue weighted by molar-refractivity contribution is -0.121. The van der Waals surface area contributed by atoms with Gasteiger partial charge in [-0.05, 0) is 64.2 Å². The molecule has 1 aliphatic heterocycles. The number of amides is 1. The Morgan fingerprint density at radius 3 is 2.45 bits per heavy atom. The highest BCUT2D eigenvalue weighted by atomic mass is 32.1. The summed E-state index contributed by atoms with van der Waals surface area (Å²) in [4.78, 5) is 25.1. The Kier molecular flexibility index (Phi) is 5.88. The van der Waals surface area contributed by atoms with E-state index in [4.69, 9.17) is 9.72 Å². The van der Waals surface area contributed by atoms with Crippen LogP contribution < -0.4 is 10.2 Å². The van der Waals surface area contributed by atoms with Crippen molar-refractivity contribution in [3.05, 3.63) is 29.2 Å². The molecule has 2 aromatic heterocycles. The lowest BCUT2D eigenvalue weighted by Crippen LogP contribution is -2.45. The average molecular weight is 415 g/mol. The molecule has 1 aliphatic carbocycles. The van der Waals surface area contributed by atoms with Crippen LogP contribution >= 0.6 is 11.3 Å². The van der Waals surface area contributed by atoms with Gasteiger partial charge in [-0.15, -0.1) is 0 Å². The Morgan fingerprint density at radius 2 is 1.83 bits per heavy atom. The van der Waals surface area contributed by atoms with Gasteiger partial charge in [-0.25, -0.2) is 4.98 Å². The smallest absolute Gasteiger partial charge is 0.220 e. The molecule has 0 radical (unpaired) electrons. The number of nitrogens with zero attached hydrogens (tertiary/aromatic N) is 3. The number of carbonyl (C=O) groups is 1. The third-order valence-electron chi connectivity index (χ3n) is 5.34. The summed E-state index contributed by atoms with van der Waals surface area (Å²) in [6.45, 7) is 10.4. The fourth-order valence-corrected chi connectivity index (χ4v) is 5.05. The van der Waals surface area contributed by atoms with Crippen molar-refractivity contribution in [2.24, 2.45) is 5.92 Å². The fraction of sp³-hybridized carbons (Fsp3) is 0.591. The molecular formula is C22H30N4O2S. The molecule has 1 saturated heterocycles. The summed E-state index contributed by atoms with van der Waals surface area (Å²) < 4.78 is 5.88. The topological polar surface area (TPSA) is 67.3 Å². The lowest BCUT2D eigenvalue weighted by atomic mass is 10.1. The van der Waals surface area contributed by atoms with Crippen molar-refractivity contribution >= 4 is 22.4 Å². The molecule has 1 N–H and O–H groups in total. The number of pyridine rings is 1. The van der Waals surface area contributed by atoms with E-state index in [0.29, 0.717) is 18.9 Å². The number of anilines is 1. The summed E-state index contributed by atoms with van der Waals surface area (Å²) in [5, 5.41) is 4.09.